The Hall–Kier alpha value is -3.95. The van der Waals surface area contributed by atoms with E-state index in [2.05, 4.69) is 30.9 Å². The Balaban J connectivity index is 1.63. The van der Waals surface area contributed by atoms with Gasteiger partial charge in [-0.3, -0.25) is 4.79 Å². The SMILES string of the molecule is CCCCC[C@H]1C(=O)C[C@H](c2ccc(O)c(OC)c2)[C@@H](Cc2ccccc2)C#CC[C@@H](C2(c3ccc(O)c(O)c3)CCCC2)[C@H]1O. The van der Waals surface area contributed by atoms with Crippen LogP contribution in [0.15, 0.2) is 66.7 Å². The third-order valence-electron chi connectivity index (χ3n) is 10.6. The fraction of sp³-hybridized carbons (Fsp3) is 0.475. The molecule has 3 aromatic rings. The maximum absolute atomic E-state index is 14.6. The molecule has 4 N–H and O–H groups in total. The van der Waals surface area contributed by atoms with Crippen LogP contribution in [0, 0.1) is 29.6 Å². The van der Waals surface area contributed by atoms with Gasteiger partial charge in [0.25, 0.3) is 0 Å². The Morgan fingerprint density at radius 1 is 0.913 bits per heavy atom. The average Bonchev–Trinajstić information content (AvgIpc) is 3.56. The molecule has 6 heteroatoms. The van der Waals surface area contributed by atoms with Crippen LogP contribution in [-0.2, 0) is 16.6 Å². The summed E-state index contributed by atoms with van der Waals surface area (Å²) in [6.45, 7) is 2.14. The van der Waals surface area contributed by atoms with E-state index in [9.17, 15) is 25.2 Å². The smallest absolute Gasteiger partial charge is 0.160 e. The maximum atomic E-state index is 14.6. The first-order valence-electron chi connectivity index (χ1n) is 16.9. The molecule has 2 aliphatic rings. The highest BCUT2D eigenvalue weighted by Gasteiger charge is 2.49. The van der Waals surface area contributed by atoms with Crippen molar-refractivity contribution in [1.29, 1.82) is 0 Å². The van der Waals surface area contributed by atoms with Gasteiger partial charge in [0.15, 0.2) is 23.0 Å². The van der Waals surface area contributed by atoms with E-state index in [0.717, 1.165) is 61.6 Å². The number of phenolic OH excluding ortho intramolecular Hbond substituents is 3. The molecule has 0 saturated heterocycles. The predicted octanol–water partition coefficient (Wildman–Crippen LogP) is 7.81. The Kier molecular flexibility index (Phi) is 11.0. The summed E-state index contributed by atoms with van der Waals surface area (Å²) in [7, 11) is 1.52. The van der Waals surface area contributed by atoms with Crippen LogP contribution in [0.4, 0.5) is 0 Å². The van der Waals surface area contributed by atoms with Crippen molar-refractivity contribution in [1.82, 2.24) is 0 Å². The molecule has 0 bridgehead atoms. The van der Waals surface area contributed by atoms with Gasteiger partial charge in [0.1, 0.15) is 5.78 Å². The molecule has 0 radical (unpaired) electrons. The number of aromatic hydroxyl groups is 3. The summed E-state index contributed by atoms with van der Waals surface area (Å²) in [5.41, 5.74) is 2.42. The molecule has 3 aromatic carbocycles. The molecule has 5 atom stereocenters. The van der Waals surface area contributed by atoms with Crippen molar-refractivity contribution < 1.29 is 30.0 Å². The van der Waals surface area contributed by atoms with Gasteiger partial charge in [-0.2, -0.15) is 0 Å². The highest BCUT2D eigenvalue weighted by atomic mass is 16.5. The van der Waals surface area contributed by atoms with Crippen molar-refractivity contribution in [3.63, 3.8) is 0 Å². The van der Waals surface area contributed by atoms with Gasteiger partial charge in [0, 0.05) is 41.9 Å². The molecule has 0 aromatic heterocycles. The van der Waals surface area contributed by atoms with E-state index in [0.29, 0.717) is 25.0 Å². The second kappa shape index (κ2) is 15.1. The first kappa shape index (κ1) is 33.4. The number of unbranched alkanes of at least 4 members (excludes halogenated alkanes) is 2. The summed E-state index contributed by atoms with van der Waals surface area (Å²) >= 11 is 0. The lowest BCUT2D eigenvalue weighted by atomic mass is 9.62. The van der Waals surface area contributed by atoms with Crippen LogP contribution in [0.1, 0.15) is 93.7 Å². The van der Waals surface area contributed by atoms with Gasteiger partial charge in [-0.15, -0.1) is 5.92 Å². The zero-order valence-corrected chi connectivity index (χ0v) is 27.1. The van der Waals surface area contributed by atoms with Gasteiger partial charge >= 0.3 is 0 Å². The second-order valence-corrected chi connectivity index (χ2v) is 13.3. The summed E-state index contributed by atoms with van der Waals surface area (Å²) < 4.78 is 5.46. The minimum absolute atomic E-state index is 0.0362. The lowest BCUT2D eigenvalue weighted by molar-refractivity contribution is -0.130. The van der Waals surface area contributed by atoms with Crippen molar-refractivity contribution >= 4 is 5.78 Å². The molecule has 1 saturated carbocycles. The number of methoxy groups -OCH3 is 1. The number of ketones is 1. The molecule has 2 aliphatic carbocycles. The van der Waals surface area contributed by atoms with E-state index in [1.54, 1.807) is 12.1 Å². The maximum Gasteiger partial charge on any atom is 0.160 e. The fourth-order valence-electron chi connectivity index (χ4n) is 8.02. The average molecular weight is 625 g/mol. The number of aliphatic hydroxyl groups is 1. The van der Waals surface area contributed by atoms with Crippen LogP contribution >= 0.6 is 0 Å². The highest BCUT2D eigenvalue weighted by molar-refractivity contribution is 5.82. The first-order valence-corrected chi connectivity index (χ1v) is 16.9. The van der Waals surface area contributed by atoms with Crippen LogP contribution in [0.2, 0.25) is 0 Å². The Morgan fingerprint density at radius 2 is 1.65 bits per heavy atom. The van der Waals surface area contributed by atoms with Crippen molar-refractivity contribution in [2.24, 2.45) is 17.8 Å². The number of Topliss-reactive ketones (excluding diaryl/α,β-unsaturated/α-hetero) is 1. The number of aliphatic hydroxyl groups excluding tert-OH is 1. The Morgan fingerprint density at radius 3 is 2.35 bits per heavy atom. The molecule has 0 heterocycles. The third-order valence-corrected chi connectivity index (χ3v) is 10.6. The van der Waals surface area contributed by atoms with Crippen molar-refractivity contribution in [2.45, 2.75) is 95.0 Å². The fourth-order valence-corrected chi connectivity index (χ4v) is 8.02. The quantitative estimate of drug-likeness (QED) is 0.104. The lowest BCUT2D eigenvalue weighted by Crippen LogP contribution is -2.46. The van der Waals surface area contributed by atoms with E-state index < -0.39 is 17.4 Å². The number of carbonyl (C=O) groups is 1. The van der Waals surface area contributed by atoms with Crippen LogP contribution in [0.25, 0.3) is 0 Å². The second-order valence-electron chi connectivity index (χ2n) is 13.3. The summed E-state index contributed by atoms with van der Waals surface area (Å²) in [4.78, 5) is 14.6. The highest BCUT2D eigenvalue weighted by Crippen LogP contribution is 2.52. The van der Waals surface area contributed by atoms with Gasteiger partial charge < -0.3 is 25.2 Å². The summed E-state index contributed by atoms with van der Waals surface area (Å²) in [6.07, 6.45) is 7.41. The standard InChI is InChI=1S/C40H48O6/c1-3-4-6-15-31-36(43)26-32(29-17-19-35(42)38(24-29)46-2)28(23-27-12-7-5-8-13-27)14-11-16-33(39(31)45)40(21-9-10-22-40)30-18-20-34(41)37(44)25-30/h5,7-8,12-13,17-20,24-25,28,31-33,39,41-42,44-45H,3-4,6,9-10,15-16,21-23,26H2,1-2H3/t28-,31+,32+,33-,39+/m1/s1. The summed E-state index contributed by atoms with van der Waals surface area (Å²) in [5.74, 6) is 5.88. The van der Waals surface area contributed by atoms with E-state index >= 15 is 0 Å². The van der Waals surface area contributed by atoms with Gasteiger partial charge in [0.05, 0.1) is 13.2 Å². The molecule has 0 spiro atoms. The van der Waals surface area contributed by atoms with Crippen LogP contribution < -0.4 is 4.74 Å². The topological polar surface area (TPSA) is 107 Å². The lowest BCUT2D eigenvalue weighted by Gasteiger charge is -2.43. The molecule has 1 fully saturated rings. The molecular weight excluding hydrogens is 576 g/mol. The normalized spacial score (nSPS) is 24.6. The van der Waals surface area contributed by atoms with E-state index in [1.165, 1.54) is 13.2 Å². The van der Waals surface area contributed by atoms with Crippen molar-refractivity contribution in [3.8, 4) is 34.8 Å². The molecule has 6 nitrogen and oxygen atoms in total. The number of rotatable bonds is 10. The molecule has 0 aliphatic heterocycles. The summed E-state index contributed by atoms with van der Waals surface area (Å²) in [5, 5.41) is 43.3. The van der Waals surface area contributed by atoms with Crippen LogP contribution in [-0.4, -0.2) is 39.4 Å². The number of ether oxygens (including phenoxy) is 1. The minimum Gasteiger partial charge on any atom is -0.504 e. The summed E-state index contributed by atoms with van der Waals surface area (Å²) in [6, 6.07) is 20.5. The zero-order chi connectivity index (χ0) is 32.7. The number of carbonyl (C=O) groups excluding carboxylic acids is 1. The van der Waals surface area contributed by atoms with Crippen molar-refractivity contribution in [2.75, 3.05) is 7.11 Å². The van der Waals surface area contributed by atoms with E-state index in [-0.39, 0.29) is 47.2 Å². The Bertz CT molecular complexity index is 1530. The van der Waals surface area contributed by atoms with Gasteiger partial charge in [-0.1, -0.05) is 87.4 Å². The predicted molar refractivity (Wildman–Crippen MR) is 180 cm³/mol. The molecule has 0 unspecified atom stereocenters. The molecule has 46 heavy (non-hydrogen) atoms. The molecule has 5 rings (SSSR count). The zero-order valence-electron chi connectivity index (χ0n) is 27.1. The van der Waals surface area contributed by atoms with Gasteiger partial charge in [-0.25, -0.2) is 0 Å². The number of phenols is 3. The van der Waals surface area contributed by atoms with E-state index in [4.69, 9.17) is 4.74 Å². The van der Waals surface area contributed by atoms with Crippen LogP contribution in [0.3, 0.4) is 0 Å². The largest absolute Gasteiger partial charge is 0.504 e. The number of benzene rings is 3. The van der Waals surface area contributed by atoms with Crippen LogP contribution in [0.5, 0.6) is 23.0 Å². The van der Waals surface area contributed by atoms with E-state index in [1.807, 2.05) is 36.4 Å². The van der Waals surface area contributed by atoms with Gasteiger partial charge in [-0.05, 0) is 66.6 Å². The van der Waals surface area contributed by atoms with Crippen molar-refractivity contribution in [3.05, 3.63) is 83.4 Å². The first-order chi connectivity index (χ1) is 22.3. The number of hydrogen-bond donors (Lipinski definition) is 4. The third kappa shape index (κ3) is 7.21. The molecule has 244 valence electrons. The molecule has 0 amide bonds. The minimum atomic E-state index is -0.909. The number of hydrogen-bond acceptors (Lipinski definition) is 6. The Labute approximate surface area is 273 Å². The van der Waals surface area contributed by atoms with Gasteiger partial charge in [0.2, 0.25) is 0 Å². The monoisotopic (exact) mass is 624 g/mol. The molecular formula is C40H48O6.